The Morgan fingerprint density at radius 2 is 0.971 bits per heavy atom. The molecule has 0 saturated carbocycles. The zero-order valence-corrected chi connectivity index (χ0v) is 17.4. The highest BCUT2D eigenvalue weighted by Gasteiger charge is 2.95. The van der Waals surface area contributed by atoms with Gasteiger partial charge in [0.1, 0.15) is 0 Å². The number of halogens is 16. The predicted molar refractivity (Wildman–Crippen MR) is 83.9 cm³/mol. The van der Waals surface area contributed by atoms with Gasteiger partial charge in [-0.1, -0.05) is 26.2 Å². The summed E-state index contributed by atoms with van der Waals surface area (Å²) in [6, 6.07) is 0. The summed E-state index contributed by atoms with van der Waals surface area (Å²) in [5, 5.41) is 1.29. The van der Waals surface area contributed by atoms with E-state index in [0.29, 0.717) is 19.3 Å². The van der Waals surface area contributed by atoms with Crippen LogP contribution in [0.25, 0.3) is 0 Å². The van der Waals surface area contributed by atoms with Crippen molar-refractivity contribution in [2.75, 3.05) is 6.54 Å². The Balaban J connectivity index is 6.15. The molecule has 0 aliphatic rings. The Morgan fingerprint density at radius 3 is 1.34 bits per heavy atom. The van der Waals surface area contributed by atoms with Crippen LogP contribution in [-0.4, -0.2) is 60.2 Å². The Kier molecular flexibility index (Phi) is 9.37. The number of carbonyl (C=O) groups is 1. The van der Waals surface area contributed by atoms with Crippen LogP contribution in [0, 0.1) is 0 Å². The molecule has 0 rings (SSSR count). The lowest BCUT2D eigenvalue weighted by Gasteiger charge is -2.42. The molecule has 0 heterocycles. The van der Waals surface area contributed by atoms with Crippen LogP contribution in [0.5, 0.6) is 0 Å². The van der Waals surface area contributed by atoms with Crippen LogP contribution in [0.2, 0.25) is 0 Å². The molecular weight excluding hydrogens is 542 g/mol. The molecule has 0 spiro atoms. The summed E-state index contributed by atoms with van der Waals surface area (Å²) in [6.07, 6.45) is -8.36. The first kappa shape index (κ1) is 33.1. The molecule has 0 aromatic carbocycles. The molecule has 0 aromatic heterocycles. The number of ether oxygens (including phenoxy) is 1. The highest BCUT2D eigenvalue weighted by Crippen LogP contribution is 2.63. The zero-order chi connectivity index (χ0) is 28.5. The van der Waals surface area contributed by atoms with Gasteiger partial charge in [0.25, 0.3) is 0 Å². The average Bonchev–Trinajstić information content (AvgIpc) is 2.65. The first-order valence-corrected chi connectivity index (χ1v) is 9.20. The maximum atomic E-state index is 13.6. The topological polar surface area (TPSA) is 38.3 Å². The Bertz CT molecular complexity index is 732. The van der Waals surface area contributed by atoms with Crippen molar-refractivity contribution in [3.05, 3.63) is 0 Å². The van der Waals surface area contributed by atoms with Crippen LogP contribution in [0.4, 0.5) is 75.0 Å². The molecule has 35 heavy (non-hydrogen) atoms. The smallest absolute Gasteiger partial charge is 0.379 e. The molecule has 0 radical (unpaired) electrons. The number of carbonyl (C=O) groups excluding carboxylic acids is 1. The van der Waals surface area contributed by atoms with Gasteiger partial charge >= 0.3 is 53.7 Å². The molecule has 210 valence electrons. The molecule has 1 amide bonds. The molecule has 0 aliphatic heterocycles. The first-order valence-electron chi connectivity index (χ1n) is 9.20. The van der Waals surface area contributed by atoms with Crippen molar-refractivity contribution in [2.24, 2.45) is 0 Å². The quantitative estimate of drug-likeness (QED) is 0.189. The zero-order valence-electron chi connectivity index (χ0n) is 17.4. The van der Waals surface area contributed by atoms with E-state index in [1.807, 2.05) is 0 Å². The van der Waals surface area contributed by atoms with Gasteiger partial charge in [-0.05, 0) is 6.42 Å². The van der Waals surface area contributed by atoms with E-state index in [4.69, 9.17) is 0 Å². The SMILES string of the molecule is CCCCCCNC(=O)OC(F)(F)C(F)(F)C(F)(F)C(F)(F)C(F)(F)C(F)(F)C(F)(F)C(C)(F)F. The Morgan fingerprint density at radius 1 is 0.600 bits per heavy atom. The van der Waals surface area contributed by atoms with Crippen molar-refractivity contribution in [3.8, 4) is 0 Å². The third kappa shape index (κ3) is 5.46. The van der Waals surface area contributed by atoms with Gasteiger partial charge < -0.3 is 10.1 Å². The number of hydrogen-bond donors (Lipinski definition) is 1. The van der Waals surface area contributed by atoms with E-state index in [9.17, 15) is 75.0 Å². The fourth-order valence-electron chi connectivity index (χ4n) is 2.21. The number of alkyl carbamates (subject to hydrolysis) is 1. The average molecular weight is 559 g/mol. The first-order chi connectivity index (χ1) is 15.2. The van der Waals surface area contributed by atoms with Crippen molar-refractivity contribution in [1.82, 2.24) is 5.32 Å². The lowest BCUT2D eigenvalue weighted by Crippen LogP contribution is -2.74. The highest BCUT2D eigenvalue weighted by atomic mass is 19.4. The van der Waals surface area contributed by atoms with Crippen LogP contribution >= 0.6 is 0 Å². The summed E-state index contributed by atoms with van der Waals surface area (Å²) >= 11 is 0. The molecule has 19 heteroatoms. The van der Waals surface area contributed by atoms with Gasteiger partial charge in [0.2, 0.25) is 0 Å². The standard InChI is InChI=1S/C16H17F16NO2/c1-3-4-5-6-7-33-8(34)35-16(31,32)15(29,30)14(27,28)13(25,26)12(23,24)11(21,22)10(19,20)9(2,17)18/h3-7H2,1-2H3,(H,33,34). The summed E-state index contributed by atoms with van der Waals surface area (Å²) in [7, 11) is 0. The van der Waals surface area contributed by atoms with Gasteiger partial charge in [0.15, 0.2) is 0 Å². The third-order valence-corrected chi connectivity index (χ3v) is 4.41. The maximum Gasteiger partial charge on any atom is 0.474 e. The summed E-state index contributed by atoms with van der Waals surface area (Å²) < 4.78 is 216. The summed E-state index contributed by atoms with van der Waals surface area (Å²) in [5.41, 5.74) is 0. The number of rotatable bonds is 13. The molecule has 0 aliphatic carbocycles. The Hall–Kier alpha value is -1.85. The minimum atomic E-state index is -8.55. The van der Waals surface area contributed by atoms with Crippen LogP contribution in [0.3, 0.4) is 0 Å². The molecule has 0 atom stereocenters. The van der Waals surface area contributed by atoms with E-state index in [1.54, 1.807) is 6.92 Å². The van der Waals surface area contributed by atoms with E-state index < -0.39 is 67.1 Å². The lowest BCUT2D eigenvalue weighted by atomic mass is 9.89. The number of alkyl halides is 16. The number of unbranched alkanes of at least 4 members (excludes halogenated alkanes) is 3. The van der Waals surface area contributed by atoms with Gasteiger partial charge in [-0.3, -0.25) is 0 Å². The summed E-state index contributed by atoms with van der Waals surface area (Å²) in [4.78, 5) is 11.1. The third-order valence-electron chi connectivity index (χ3n) is 4.41. The van der Waals surface area contributed by atoms with E-state index in [0.717, 1.165) is 0 Å². The molecule has 0 unspecified atom stereocenters. The second-order valence-electron chi connectivity index (χ2n) is 7.23. The second-order valence-corrected chi connectivity index (χ2v) is 7.23. The van der Waals surface area contributed by atoms with E-state index in [2.05, 4.69) is 4.74 Å². The fraction of sp³-hybridized carbons (Fsp3) is 0.938. The van der Waals surface area contributed by atoms with E-state index in [-0.39, 0.29) is 6.42 Å². The minimum absolute atomic E-state index is 0.0171. The van der Waals surface area contributed by atoms with Crippen LogP contribution in [0.15, 0.2) is 0 Å². The van der Waals surface area contributed by atoms with Gasteiger partial charge in [-0.15, -0.1) is 0 Å². The fourth-order valence-corrected chi connectivity index (χ4v) is 2.21. The van der Waals surface area contributed by atoms with Gasteiger partial charge in [-0.25, -0.2) is 4.79 Å². The van der Waals surface area contributed by atoms with Gasteiger partial charge in [0.05, 0.1) is 0 Å². The van der Waals surface area contributed by atoms with E-state index in [1.165, 1.54) is 5.32 Å². The molecule has 0 aromatic rings. The normalized spacial score (nSPS) is 15.3. The monoisotopic (exact) mass is 559 g/mol. The van der Waals surface area contributed by atoms with Crippen LogP contribution < -0.4 is 5.32 Å². The largest absolute Gasteiger partial charge is 0.474 e. The number of nitrogens with one attached hydrogen (secondary N) is 1. The Labute approximate surface area is 186 Å². The summed E-state index contributed by atoms with van der Waals surface area (Å²) in [5.74, 6) is -55.5. The number of hydrogen-bond acceptors (Lipinski definition) is 2. The van der Waals surface area contributed by atoms with Crippen LogP contribution in [0.1, 0.15) is 39.5 Å². The lowest BCUT2D eigenvalue weighted by molar-refractivity contribution is -0.467. The second kappa shape index (κ2) is 9.89. The van der Waals surface area contributed by atoms with Crippen molar-refractivity contribution >= 4 is 6.09 Å². The molecule has 3 nitrogen and oxygen atoms in total. The highest BCUT2D eigenvalue weighted by molar-refractivity contribution is 5.67. The van der Waals surface area contributed by atoms with E-state index >= 15 is 0 Å². The van der Waals surface area contributed by atoms with Crippen LogP contribution in [-0.2, 0) is 4.74 Å². The van der Waals surface area contributed by atoms with Crippen molar-refractivity contribution in [2.45, 2.75) is 87.1 Å². The maximum absolute atomic E-state index is 13.6. The predicted octanol–water partition coefficient (Wildman–Crippen LogP) is 7.35. The minimum Gasteiger partial charge on any atom is -0.379 e. The molecule has 0 bridgehead atoms. The van der Waals surface area contributed by atoms with Gasteiger partial charge in [0, 0.05) is 13.5 Å². The van der Waals surface area contributed by atoms with Crippen molar-refractivity contribution in [3.63, 3.8) is 0 Å². The number of amides is 1. The molecule has 0 saturated heterocycles. The van der Waals surface area contributed by atoms with Crippen molar-refractivity contribution in [1.29, 1.82) is 0 Å². The molecule has 1 N–H and O–H groups in total. The molecule has 0 fully saturated rings. The van der Waals surface area contributed by atoms with Crippen molar-refractivity contribution < 1.29 is 79.8 Å². The van der Waals surface area contributed by atoms with Gasteiger partial charge in [-0.2, -0.15) is 70.2 Å². The summed E-state index contributed by atoms with van der Waals surface area (Å²) in [6.45, 7) is -0.142. The molecular formula is C16H17F16NO2.